The van der Waals surface area contributed by atoms with Gasteiger partial charge in [0.15, 0.2) is 6.29 Å². The molecule has 0 aromatic carbocycles. The van der Waals surface area contributed by atoms with Gasteiger partial charge in [0.2, 0.25) is 0 Å². The molecule has 1 saturated heterocycles. The normalized spacial score (nSPS) is 43.9. The predicted molar refractivity (Wildman–Crippen MR) is 45.6 cm³/mol. The molecule has 1 fully saturated rings. The van der Waals surface area contributed by atoms with E-state index < -0.39 is 30.7 Å². The highest BCUT2D eigenvalue weighted by molar-refractivity contribution is 4.89. The zero-order valence-electron chi connectivity index (χ0n) is 8.16. The third kappa shape index (κ3) is 2.22. The molecule has 1 aliphatic rings. The van der Waals surface area contributed by atoms with Crippen LogP contribution in [-0.2, 0) is 14.2 Å². The highest BCUT2D eigenvalue weighted by atomic mass is 16.7. The Kier molecular flexibility index (Phi) is 4.24. The van der Waals surface area contributed by atoms with Crippen molar-refractivity contribution in [3.63, 3.8) is 0 Å². The van der Waals surface area contributed by atoms with Gasteiger partial charge < -0.3 is 29.5 Å². The number of ether oxygens (including phenoxy) is 3. The number of rotatable bonds is 3. The number of aliphatic hydroxyl groups excluding tert-OH is 3. The summed E-state index contributed by atoms with van der Waals surface area (Å²) in [5.74, 6) is 0. The van der Waals surface area contributed by atoms with Gasteiger partial charge in [-0.3, -0.25) is 0 Å². The fraction of sp³-hybridized carbons (Fsp3) is 1.00. The van der Waals surface area contributed by atoms with E-state index in [1.165, 1.54) is 14.2 Å². The summed E-state index contributed by atoms with van der Waals surface area (Å²) in [6.07, 6.45) is -5.17. The van der Waals surface area contributed by atoms with Crippen molar-refractivity contribution in [2.24, 2.45) is 0 Å². The van der Waals surface area contributed by atoms with Gasteiger partial charge in [-0.25, -0.2) is 0 Å². The van der Waals surface area contributed by atoms with Crippen molar-refractivity contribution in [3.8, 4) is 0 Å². The first kappa shape index (κ1) is 11.8. The fourth-order valence-corrected chi connectivity index (χ4v) is 1.50. The Morgan fingerprint density at radius 2 is 1.79 bits per heavy atom. The molecule has 6 nitrogen and oxygen atoms in total. The fourth-order valence-electron chi connectivity index (χ4n) is 1.50. The highest BCUT2D eigenvalue weighted by Crippen LogP contribution is 2.21. The minimum atomic E-state index is -1.36. The van der Waals surface area contributed by atoms with Gasteiger partial charge in [-0.1, -0.05) is 0 Å². The Morgan fingerprint density at radius 3 is 2.29 bits per heavy atom. The van der Waals surface area contributed by atoms with E-state index in [2.05, 4.69) is 0 Å². The van der Waals surface area contributed by atoms with Crippen LogP contribution >= 0.6 is 0 Å². The second kappa shape index (κ2) is 5.01. The molecule has 0 aliphatic carbocycles. The van der Waals surface area contributed by atoms with Crippen molar-refractivity contribution in [3.05, 3.63) is 0 Å². The van der Waals surface area contributed by atoms with Crippen LogP contribution in [0.4, 0.5) is 0 Å². The molecule has 3 N–H and O–H groups in total. The van der Waals surface area contributed by atoms with E-state index in [4.69, 9.17) is 14.2 Å². The smallest absolute Gasteiger partial charge is 0.184 e. The molecule has 84 valence electrons. The molecule has 0 amide bonds. The molecule has 0 spiro atoms. The van der Waals surface area contributed by atoms with Crippen molar-refractivity contribution in [1.29, 1.82) is 0 Å². The first-order valence-electron chi connectivity index (χ1n) is 4.33. The lowest BCUT2D eigenvalue weighted by Crippen LogP contribution is -2.59. The second-order valence-corrected chi connectivity index (χ2v) is 3.20. The first-order valence-corrected chi connectivity index (χ1v) is 4.33. The van der Waals surface area contributed by atoms with Crippen LogP contribution in [0.2, 0.25) is 0 Å². The Morgan fingerprint density at radius 1 is 1.14 bits per heavy atom. The van der Waals surface area contributed by atoms with Crippen LogP contribution in [0.25, 0.3) is 0 Å². The van der Waals surface area contributed by atoms with Crippen molar-refractivity contribution in [2.45, 2.75) is 30.7 Å². The summed E-state index contributed by atoms with van der Waals surface area (Å²) < 4.78 is 14.6. The summed E-state index contributed by atoms with van der Waals surface area (Å²) in [6, 6.07) is 0. The van der Waals surface area contributed by atoms with Gasteiger partial charge in [-0.2, -0.15) is 0 Å². The lowest BCUT2D eigenvalue weighted by molar-refractivity contribution is -0.291. The summed E-state index contributed by atoms with van der Waals surface area (Å²) in [6.45, 7) is 0.130. The van der Waals surface area contributed by atoms with Gasteiger partial charge in [-0.05, 0) is 0 Å². The van der Waals surface area contributed by atoms with Crippen molar-refractivity contribution in [1.82, 2.24) is 0 Å². The second-order valence-electron chi connectivity index (χ2n) is 3.20. The molecule has 0 unspecified atom stereocenters. The minimum absolute atomic E-state index is 0.130. The SMILES string of the molecule is COC[C@H]1O[C@H](O)[C@H](O)[C@@H](OC)[C@H]1O. The van der Waals surface area contributed by atoms with Crippen molar-refractivity contribution in [2.75, 3.05) is 20.8 Å². The van der Waals surface area contributed by atoms with Crippen LogP contribution in [0.5, 0.6) is 0 Å². The molecule has 1 aliphatic heterocycles. The highest BCUT2D eigenvalue weighted by Gasteiger charge is 2.44. The van der Waals surface area contributed by atoms with Gasteiger partial charge in [0.1, 0.15) is 24.4 Å². The van der Waals surface area contributed by atoms with Crippen molar-refractivity contribution < 1.29 is 29.5 Å². The summed E-state index contributed by atoms with van der Waals surface area (Å²) in [7, 11) is 2.80. The Bertz CT molecular complexity index is 175. The van der Waals surface area contributed by atoms with Crippen LogP contribution in [0.3, 0.4) is 0 Å². The van der Waals surface area contributed by atoms with E-state index in [1.54, 1.807) is 0 Å². The van der Waals surface area contributed by atoms with Gasteiger partial charge >= 0.3 is 0 Å². The zero-order valence-corrected chi connectivity index (χ0v) is 8.16. The molecule has 14 heavy (non-hydrogen) atoms. The average Bonchev–Trinajstić information content (AvgIpc) is 2.16. The maximum atomic E-state index is 9.65. The van der Waals surface area contributed by atoms with Crippen LogP contribution < -0.4 is 0 Å². The minimum Gasteiger partial charge on any atom is -0.387 e. The van der Waals surface area contributed by atoms with Gasteiger partial charge in [0.05, 0.1) is 6.61 Å². The molecular formula is C8H16O6. The van der Waals surface area contributed by atoms with Gasteiger partial charge in [0, 0.05) is 14.2 Å². The molecule has 0 radical (unpaired) electrons. The quantitative estimate of drug-likeness (QED) is 0.501. The van der Waals surface area contributed by atoms with Crippen LogP contribution in [0.1, 0.15) is 0 Å². The lowest BCUT2D eigenvalue weighted by atomic mass is 9.99. The van der Waals surface area contributed by atoms with E-state index >= 15 is 0 Å². The van der Waals surface area contributed by atoms with E-state index in [1.807, 2.05) is 0 Å². The number of hydrogen-bond donors (Lipinski definition) is 3. The first-order chi connectivity index (χ1) is 6.61. The number of methoxy groups -OCH3 is 2. The van der Waals surface area contributed by atoms with Gasteiger partial charge in [0.25, 0.3) is 0 Å². The summed E-state index contributed by atoms with van der Waals surface area (Å²) in [5.41, 5.74) is 0. The zero-order chi connectivity index (χ0) is 10.7. The van der Waals surface area contributed by atoms with E-state index in [-0.39, 0.29) is 6.61 Å². The molecule has 1 rings (SSSR count). The molecule has 1 heterocycles. The Labute approximate surface area is 82.0 Å². The molecule has 0 aromatic heterocycles. The summed E-state index contributed by atoms with van der Waals surface area (Å²) in [4.78, 5) is 0. The standard InChI is InChI=1S/C8H16O6/c1-12-3-4-5(9)7(13-2)6(10)8(11)14-4/h4-11H,3H2,1-2H3/t4-,5+,6-,7+,8+/m1/s1. The van der Waals surface area contributed by atoms with Crippen LogP contribution in [-0.4, -0.2) is 66.9 Å². The molecule has 5 atom stereocenters. The summed E-state index contributed by atoms with van der Waals surface area (Å²) in [5, 5.41) is 28.3. The molecule has 0 bridgehead atoms. The molecule has 0 aromatic rings. The maximum Gasteiger partial charge on any atom is 0.184 e. The monoisotopic (exact) mass is 208 g/mol. The number of aliphatic hydroxyl groups is 3. The lowest BCUT2D eigenvalue weighted by Gasteiger charge is -2.39. The molecular weight excluding hydrogens is 192 g/mol. The largest absolute Gasteiger partial charge is 0.387 e. The Balaban J connectivity index is 2.65. The van der Waals surface area contributed by atoms with E-state index in [9.17, 15) is 15.3 Å². The third-order valence-corrected chi connectivity index (χ3v) is 2.26. The molecule has 0 saturated carbocycles. The van der Waals surface area contributed by atoms with Crippen molar-refractivity contribution >= 4 is 0 Å². The van der Waals surface area contributed by atoms with E-state index in [0.29, 0.717) is 0 Å². The summed E-state index contributed by atoms with van der Waals surface area (Å²) >= 11 is 0. The van der Waals surface area contributed by atoms with Crippen LogP contribution in [0.15, 0.2) is 0 Å². The maximum absolute atomic E-state index is 9.65. The average molecular weight is 208 g/mol. The number of hydrogen-bond acceptors (Lipinski definition) is 6. The predicted octanol–water partition coefficient (Wildman–Crippen LogP) is -1.91. The molecule has 6 heteroatoms. The third-order valence-electron chi connectivity index (χ3n) is 2.26. The van der Waals surface area contributed by atoms with E-state index in [0.717, 1.165) is 0 Å². The Hall–Kier alpha value is -0.240. The topological polar surface area (TPSA) is 88.4 Å². The van der Waals surface area contributed by atoms with Gasteiger partial charge in [-0.15, -0.1) is 0 Å². The van der Waals surface area contributed by atoms with Crippen LogP contribution in [0, 0.1) is 0 Å².